The number of esters is 1. The van der Waals surface area contributed by atoms with Crippen LogP contribution in [-0.4, -0.2) is 29.8 Å². The fraction of sp³-hybridized carbons (Fsp3) is 0.594. The summed E-state index contributed by atoms with van der Waals surface area (Å²) >= 11 is 0. The molecule has 0 N–H and O–H groups in total. The van der Waals surface area contributed by atoms with E-state index in [-0.39, 0.29) is 59.1 Å². The summed E-state index contributed by atoms with van der Waals surface area (Å²) in [6, 6.07) is 7.17. The van der Waals surface area contributed by atoms with E-state index in [2.05, 4.69) is 13.8 Å². The Hall–Kier alpha value is -2.56. The third-order valence-electron chi connectivity index (χ3n) is 10.2. The Morgan fingerprint density at radius 3 is 2.70 bits per heavy atom. The van der Waals surface area contributed by atoms with Crippen molar-refractivity contribution in [3.63, 3.8) is 0 Å². The molecule has 3 fully saturated rings. The van der Waals surface area contributed by atoms with Gasteiger partial charge in [0.15, 0.2) is 18.2 Å². The number of Topliss-reactive ketones (excluding diaryl/α,β-unsaturated/α-hetero) is 1. The van der Waals surface area contributed by atoms with E-state index in [4.69, 9.17) is 4.74 Å². The lowest BCUT2D eigenvalue weighted by Gasteiger charge is -2.59. The molecule has 0 amide bonds. The molecule has 4 aliphatic rings. The maximum Gasteiger partial charge on any atom is 0.338 e. The van der Waals surface area contributed by atoms with Gasteiger partial charge in [0.25, 0.3) is 0 Å². The van der Waals surface area contributed by atoms with Crippen molar-refractivity contribution in [3.8, 4) is 0 Å². The fourth-order valence-corrected chi connectivity index (χ4v) is 8.92. The van der Waals surface area contributed by atoms with Crippen molar-refractivity contribution in [2.75, 3.05) is 6.61 Å². The molecule has 1 aromatic rings. The molecule has 0 aliphatic heterocycles. The highest BCUT2D eigenvalue weighted by Crippen LogP contribution is 2.68. The standard InChI is InChI=1S/C32H39FO4/c1-19-8-7-9-23(14-19)30(36)37-18-28(35)29-20(2)15-27-26-13-12-22-16-24(34)10-5-6-11-25(22)32(26,33)21(3)17-31(27,29)4/h5,7-10,14,16,20-21,25-27,29H,6,11-13,15,17-18H2,1-4H3/t20-,21-,25+,26?,27-,29?,31-,32-/m0/s1. The van der Waals surface area contributed by atoms with Crippen molar-refractivity contribution in [2.24, 2.45) is 40.9 Å². The van der Waals surface area contributed by atoms with Crippen molar-refractivity contribution in [3.05, 3.63) is 59.2 Å². The first-order valence-corrected chi connectivity index (χ1v) is 13.9. The van der Waals surface area contributed by atoms with Crippen LogP contribution in [0, 0.1) is 47.8 Å². The number of ketones is 2. The number of halogens is 1. The van der Waals surface area contributed by atoms with Crippen molar-refractivity contribution in [1.82, 2.24) is 0 Å². The van der Waals surface area contributed by atoms with Crippen molar-refractivity contribution in [1.29, 1.82) is 0 Å². The Kier molecular flexibility index (Phi) is 6.79. The first-order valence-electron chi connectivity index (χ1n) is 13.9. The minimum Gasteiger partial charge on any atom is -0.454 e. The normalized spacial score (nSPS) is 38.9. The zero-order chi connectivity index (χ0) is 26.5. The van der Waals surface area contributed by atoms with Gasteiger partial charge in [0.2, 0.25) is 0 Å². The van der Waals surface area contributed by atoms with Crippen LogP contribution in [0.1, 0.15) is 75.2 Å². The molecule has 0 radical (unpaired) electrons. The number of allylic oxidation sites excluding steroid dienone is 4. The quantitative estimate of drug-likeness (QED) is 0.431. The number of aryl methyl sites for hydroxylation is 1. The zero-order valence-electron chi connectivity index (χ0n) is 22.5. The molecule has 5 rings (SSSR count). The van der Waals surface area contributed by atoms with Crippen LogP contribution >= 0.6 is 0 Å². The molecular weight excluding hydrogens is 467 g/mol. The summed E-state index contributed by atoms with van der Waals surface area (Å²) in [5.74, 6) is -1.20. The fourth-order valence-electron chi connectivity index (χ4n) is 8.92. The predicted molar refractivity (Wildman–Crippen MR) is 141 cm³/mol. The molecule has 4 nitrogen and oxygen atoms in total. The van der Waals surface area contributed by atoms with Crippen molar-refractivity contribution < 1.29 is 23.5 Å². The number of ether oxygens (including phenoxy) is 1. The molecule has 0 saturated heterocycles. The van der Waals surface area contributed by atoms with E-state index in [0.717, 1.165) is 36.8 Å². The van der Waals surface area contributed by atoms with E-state index in [1.807, 2.05) is 26.0 Å². The third kappa shape index (κ3) is 4.32. The van der Waals surface area contributed by atoms with Gasteiger partial charge in [-0.1, -0.05) is 50.1 Å². The van der Waals surface area contributed by atoms with Gasteiger partial charge in [-0.2, -0.15) is 0 Å². The second kappa shape index (κ2) is 9.63. The van der Waals surface area contributed by atoms with Gasteiger partial charge in [-0.15, -0.1) is 0 Å². The highest BCUT2D eigenvalue weighted by molar-refractivity contribution is 5.99. The van der Waals surface area contributed by atoms with Crippen LogP contribution in [0.15, 0.2) is 48.1 Å². The number of hydrogen-bond donors (Lipinski definition) is 0. The molecule has 4 aliphatic carbocycles. The molecule has 8 atom stereocenters. The number of hydrogen-bond acceptors (Lipinski definition) is 4. The van der Waals surface area contributed by atoms with Gasteiger partial charge in [-0.05, 0) is 98.8 Å². The summed E-state index contributed by atoms with van der Waals surface area (Å²) in [6.45, 7) is 7.96. The number of fused-ring (bicyclic) bond motifs is 5. The van der Waals surface area contributed by atoms with Crippen LogP contribution in [0.25, 0.3) is 0 Å². The molecular formula is C32H39FO4. The van der Waals surface area contributed by atoms with E-state index in [1.165, 1.54) is 0 Å². The molecule has 3 saturated carbocycles. The predicted octanol–water partition coefficient (Wildman–Crippen LogP) is 6.62. The molecule has 0 aromatic heterocycles. The van der Waals surface area contributed by atoms with Crippen molar-refractivity contribution >= 4 is 17.5 Å². The van der Waals surface area contributed by atoms with Gasteiger partial charge in [-0.3, -0.25) is 9.59 Å². The maximum absolute atomic E-state index is 17.4. The molecule has 1 aromatic carbocycles. The highest BCUT2D eigenvalue weighted by Gasteiger charge is 2.67. The number of rotatable bonds is 4. The van der Waals surface area contributed by atoms with E-state index >= 15 is 4.39 Å². The molecule has 5 heteroatoms. The van der Waals surface area contributed by atoms with Crippen LogP contribution in [0.2, 0.25) is 0 Å². The smallest absolute Gasteiger partial charge is 0.338 e. The monoisotopic (exact) mass is 506 g/mol. The number of alkyl halides is 1. The van der Waals surface area contributed by atoms with E-state index in [1.54, 1.807) is 30.4 Å². The van der Waals surface area contributed by atoms with Crippen LogP contribution in [-0.2, 0) is 14.3 Å². The average Bonchev–Trinajstić information content (AvgIpc) is 3.09. The lowest BCUT2D eigenvalue weighted by molar-refractivity contribution is -0.154. The Bertz CT molecular complexity index is 1170. The van der Waals surface area contributed by atoms with E-state index < -0.39 is 11.6 Å². The maximum atomic E-state index is 17.4. The topological polar surface area (TPSA) is 60.4 Å². The Morgan fingerprint density at radius 1 is 1.16 bits per heavy atom. The highest BCUT2D eigenvalue weighted by atomic mass is 19.1. The van der Waals surface area contributed by atoms with Crippen LogP contribution < -0.4 is 0 Å². The minimum atomic E-state index is -1.37. The summed E-state index contributed by atoms with van der Waals surface area (Å²) in [4.78, 5) is 38.5. The molecule has 198 valence electrons. The van der Waals surface area contributed by atoms with Gasteiger partial charge in [0, 0.05) is 11.8 Å². The summed E-state index contributed by atoms with van der Waals surface area (Å²) in [7, 11) is 0. The minimum absolute atomic E-state index is 0.0320. The number of benzene rings is 1. The van der Waals surface area contributed by atoms with Gasteiger partial charge in [0.1, 0.15) is 5.67 Å². The SMILES string of the molecule is Cc1cccc(C(=O)OCC(=O)C2[C@@H](C)C[C@H]3C4CCC5=CC(=O)C=CCC[C@H]5[C@@]4(F)[C@@H](C)C[C@]23C)c1. The Balaban J connectivity index is 1.37. The van der Waals surface area contributed by atoms with E-state index in [0.29, 0.717) is 18.4 Å². The average molecular weight is 507 g/mol. The zero-order valence-corrected chi connectivity index (χ0v) is 22.5. The molecule has 0 spiro atoms. The molecule has 2 unspecified atom stereocenters. The Morgan fingerprint density at radius 2 is 1.95 bits per heavy atom. The van der Waals surface area contributed by atoms with Crippen molar-refractivity contribution in [2.45, 2.75) is 71.9 Å². The van der Waals surface area contributed by atoms with Gasteiger partial charge in [-0.25, -0.2) is 9.18 Å². The van der Waals surface area contributed by atoms with Gasteiger partial charge >= 0.3 is 5.97 Å². The Labute approximate surface area is 219 Å². The van der Waals surface area contributed by atoms with Gasteiger partial charge in [0.05, 0.1) is 5.56 Å². The molecule has 37 heavy (non-hydrogen) atoms. The summed E-state index contributed by atoms with van der Waals surface area (Å²) in [5, 5.41) is 0. The lowest BCUT2D eigenvalue weighted by Crippen LogP contribution is -2.60. The van der Waals surface area contributed by atoms with E-state index in [9.17, 15) is 14.4 Å². The molecule has 0 bridgehead atoms. The second-order valence-corrected chi connectivity index (χ2v) is 12.4. The van der Waals surface area contributed by atoms with Crippen LogP contribution in [0.5, 0.6) is 0 Å². The third-order valence-corrected chi connectivity index (χ3v) is 10.2. The summed E-state index contributed by atoms with van der Waals surface area (Å²) in [6.07, 6.45) is 9.53. The van der Waals surface area contributed by atoms with Crippen LogP contribution in [0.3, 0.4) is 0 Å². The lowest BCUT2D eigenvalue weighted by atomic mass is 9.47. The largest absolute Gasteiger partial charge is 0.454 e. The first kappa shape index (κ1) is 26.1. The number of carbonyl (C=O) groups excluding carboxylic acids is 3. The second-order valence-electron chi connectivity index (χ2n) is 12.4. The summed E-state index contributed by atoms with van der Waals surface area (Å²) < 4.78 is 22.9. The first-order chi connectivity index (χ1) is 17.6. The number of carbonyl (C=O) groups is 3. The molecule has 0 heterocycles. The van der Waals surface area contributed by atoms with Crippen LogP contribution in [0.4, 0.5) is 4.39 Å². The van der Waals surface area contributed by atoms with Gasteiger partial charge < -0.3 is 4.74 Å². The summed E-state index contributed by atoms with van der Waals surface area (Å²) in [5.41, 5.74) is 0.690.